The van der Waals surface area contributed by atoms with Crippen molar-refractivity contribution in [1.29, 1.82) is 0 Å². The van der Waals surface area contributed by atoms with Gasteiger partial charge in [-0.2, -0.15) is 5.10 Å². The summed E-state index contributed by atoms with van der Waals surface area (Å²) in [6, 6.07) is 19.6. The number of carbonyl (C=O) groups is 1. The Morgan fingerprint density at radius 3 is 2.43 bits per heavy atom. The van der Waals surface area contributed by atoms with Gasteiger partial charge in [-0.05, 0) is 55.0 Å². The second-order valence-corrected chi connectivity index (χ2v) is 9.39. The van der Waals surface area contributed by atoms with Crippen molar-refractivity contribution < 1.29 is 27.4 Å². The van der Waals surface area contributed by atoms with Crippen LogP contribution in [0.1, 0.15) is 12.5 Å². The molecule has 0 aliphatic carbocycles. The number of hydrogen-bond acceptors (Lipinski definition) is 7. The summed E-state index contributed by atoms with van der Waals surface area (Å²) in [6.45, 7) is 5.74. The minimum absolute atomic E-state index is 0.0411. The maximum atomic E-state index is 13.5. The smallest absolute Gasteiger partial charge is 0.264 e. The van der Waals surface area contributed by atoms with Gasteiger partial charge in [0, 0.05) is 0 Å². The van der Waals surface area contributed by atoms with Gasteiger partial charge in [0.2, 0.25) is 0 Å². The van der Waals surface area contributed by atoms with Crippen LogP contribution in [0.15, 0.2) is 95.4 Å². The van der Waals surface area contributed by atoms with Gasteiger partial charge in [-0.15, -0.1) is 0 Å². The van der Waals surface area contributed by atoms with Crippen molar-refractivity contribution in [3.63, 3.8) is 0 Å². The molecule has 3 rings (SSSR count). The van der Waals surface area contributed by atoms with Crippen LogP contribution in [0, 0.1) is 0 Å². The monoisotopic (exact) mass is 523 g/mol. The second-order valence-electron chi connectivity index (χ2n) is 7.53. The van der Waals surface area contributed by atoms with Crippen molar-refractivity contribution in [2.75, 3.05) is 31.2 Å². The molecule has 37 heavy (non-hydrogen) atoms. The Bertz CT molecular complexity index is 1340. The highest BCUT2D eigenvalue weighted by Gasteiger charge is 2.29. The van der Waals surface area contributed by atoms with E-state index < -0.39 is 22.5 Å². The first-order chi connectivity index (χ1) is 17.9. The lowest BCUT2D eigenvalue weighted by molar-refractivity contribution is -0.119. The molecule has 0 spiro atoms. The summed E-state index contributed by atoms with van der Waals surface area (Å²) in [7, 11) is -2.65. The number of rotatable bonds is 13. The van der Waals surface area contributed by atoms with Crippen LogP contribution >= 0.6 is 0 Å². The van der Waals surface area contributed by atoms with E-state index in [2.05, 4.69) is 17.1 Å². The maximum absolute atomic E-state index is 13.5. The number of carbonyl (C=O) groups excluding carboxylic acids is 1. The molecule has 0 radical (unpaired) electrons. The van der Waals surface area contributed by atoms with E-state index in [0.717, 1.165) is 4.31 Å². The summed E-state index contributed by atoms with van der Waals surface area (Å²) in [5, 5.41) is 3.99. The minimum atomic E-state index is -4.08. The third-order valence-corrected chi connectivity index (χ3v) is 6.77. The fraction of sp³-hybridized carbons (Fsp3) is 0.185. The third kappa shape index (κ3) is 7.11. The van der Waals surface area contributed by atoms with Crippen LogP contribution < -0.4 is 23.9 Å². The summed E-state index contributed by atoms with van der Waals surface area (Å²) in [5.41, 5.74) is 3.26. The highest BCUT2D eigenvalue weighted by molar-refractivity contribution is 7.92. The molecule has 0 aliphatic rings. The van der Waals surface area contributed by atoms with Crippen molar-refractivity contribution in [2.24, 2.45) is 5.10 Å². The highest BCUT2D eigenvalue weighted by Crippen LogP contribution is 2.32. The molecular formula is C27H29N3O6S. The van der Waals surface area contributed by atoms with Crippen molar-refractivity contribution >= 4 is 27.8 Å². The third-order valence-electron chi connectivity index (χ3n) is 5.00. The SMILES string of the molecule is C=CCOc1ccc(/C=N\NC(=O)CN(c2ccccc2OC)S(=O)(=O)c2ccccc2)cc1OCC. The van der Waals surface area contributed by atoms with Gasteiger partial charge in [-0.3, -0.25) is 9.10 Å². The van der Waals surface area contributed by atoms with Gasteiger partial charge in [0.25, 0.3) is 15.9 Å². The van der Waals surface area contributed by atoms with Gasteiger partial charge in [0.05, 0.1) is 30.5 Å². The Morgan fingerprint density at radius 1 is 1.00 bits per heavy atom. The molecule has 0 aliphatic heterocycles. The molecule has 0 unspecified atom stereocenters. The number of sulfonamides is 1. The van der Waals surface area contributed by atoms with Crippen LogP contribution in [0.4, 0.5) is 5.69 Å². The number of amides is 1. The number of nitrogens with zero attached hydrogens (tertiary/aromatic N) is 2. The van der Waals surface area contributed by atoms with Crippen molar-refractivity contribution in [3.8, 4) is 17.2 Å². The molecular weight excluding hydrogens is 494 g/mol. The van der Waals surface area contributed by atoms with E-state index in [1.54, 1.807) is 66.7 Å². The second kappa shape index (κ2) is 13.1. The van der Waals surface area contributed by atoms with Crippen LogP contribution in [-0.2, 0) is 14.8 Å². The predicted molar refractivity (Wildman–Crippen MR) is 143 cm³/mol. The fourth-order valence-corrected chi connectivity index (χ4v) is 4.79. The van der Waals surface area contributed by atoms with E-state index in [4.69, 9.17) is 14.2 Å². The van der Waals surface area contributed by atoms with Crippen molar-refractivity contribution in [2.45, 2.75) is 11.8 Å². The zero-order valence-electron chi connectivity index (χ0n) is 20.7. The molecule has 0 atom stereocenters. The molecule has 1 amide bonds. The Kier molecular flexibility index (Phi) is 9.68. The number of hydrazone groups is 1. The number of nitrogens with one attached hydrogen (secondary N) is 1. The fourth-order valence-electron chi connectivity index (χ4n) is 3.34. The number of anilines is 1. The van der Waals surface area contributed by atoms with Gasteiger partial charge in [-0.25, -0.2) is 13.8 Å². The van der Waals surface area contributed by atoms with Crippen LogP contribution in [0.3, 0.4) is 0 Å². The summed E-state index contributed by atoms with van der Waals surface area (Å²) in [6.07, 6.45) is 3.06. The average Bonchev–Trinajstić information content (AvgIpc) is 2.92. The average molecular weight is 524 g/mol. The lowest BCUT2D eigenvalue weighted by Crippen LogP contribution is -2.39. The number of ether oxygens (including phenoxy) is 3. The van der Waals surface area contributed by atoms with Gasteiger partial charge >= 0.3 is 0 Å². The summed E-state index contributed by atoms with van der Waals surface area (Å²) >= 11 is 0. The quantitative estimate of drug-likeness (QED) is 0.206. The van der Waals surface area contributed by atoms with E-state index in [0.29, 0.717) is 36.0 Å². The summed E-state index contributed by atoms with van der Waals surface area (Å²) in [5.74, 6) is 0.746. The van der Waals surface area contributed by atoms with E-state index in [9.17, 15) is 13.2 Å². The standard InChI is InChI=1S/C27H29N3O6S/c1-4-17-36-25-16-15-21(18-26(25)35-5-2)19-28-29-27(31)20-30(23-13-9-10-14-24(23)34-3)37(32,33)22-11-7-6-8-12-22/h4,6-16,18-19H,1,5,17,20H2,2-3H3,(H,29,31)/b28-19-. The van der Waals surface area contributed by atoms with Crippen LogP contribution in [0.2, 0.25) is 0 Å². The molecule has 9 nitrogen and oxygen atoms in total. The molecule has 3 aromatic rings. The van der Waals surface area contributed by atoms with E-state index in [1.165, 1.54) is 25.5 Å². The van der Waals surface area contributed by atoms with Crippen LogP contribution in [-0.4, -0.2) is 47.4 Å². The van der Waals surface area contributed by atoms with Crippen LogP contribution in [0.5, 0.6) is 17.2 Å². The van der Waals surface area contributed by atoms with E-state index >= 15 is 0 Å². The van der Waals surface area contributed by atoms with E-state index in [-0.39, 0.29) is 10.6 Å². The van der Waals surface area contributed by atoms with Crippen LogP contribution in [0.25, 0.3) is 0 Å². The molecule has 3 aromatic carbocycles. The normalized spacial score (nSPS) is 11.1. The zero-order chi connectivity index (χ0) is 26.7. The Morgan fingerprint density at radius 2 is 1.73 bits per heavy atom. The predicted octanol–water partition coefficient (Wildman–Crippen LogP) is 4.00. The first-order valence-corrected chi connectivity index (χ1v) is 12.9. The van der Waals surface area contributed by atoms with Gasteiger partial charge in [0.15, 0.2) is 11.5 Å². The molecule has 194 valence electrons. The van der Waals surface area contributed by atoms with Crippen molar-refractivity contribution in [3.05, 3.63) is 91.0 Å². The Balaban J connectivity index is 1.81. The molecule has 0 bridgehead atoms. The molecule has 0 heterocycles. The zero-order valence-corrected chi connectivity index (χ0v) is 21.5. The number of para-hydroxylation sites is 2. The molecule has 0 saturated heterocycles. The van der Waals surface area contributed by atoms with Gasteiger partial charge in [-0.1, -0.05) is 43.0 Å². The Hall–Kier alpha value is -4.31. The first-order valence-electron chi connectivity index (χ1n) is 11.4. The molecule has 0 fully saturated rings. The highest BCUT2D eigenvalue weighted by atomic mass is 32.2. The number of benzene rings is 3. The maximum Gasteiger partial charge on any atom is 0.264 e. The van der Waals surface area contributed by atoms with Gasteiger partial charge < -0.3 is 14.2 Å². The lowest BCUT2D eigenvalue weighted by Gasteiger charge is -2.25. The lowest BCUT2D eigenvalue weighted by atomic mass is 10.2. The number of methoxy groups -OCH3 is 1. The molecule has 1 N–H and O–H groups in total. The number of hydrogen-bond donors (Lipinski definition) is 1. The largest absolute Gasteiger partial charge is 0.495 e. The minimum Gasteiger partial charge on any atom is -0.495 e. The first kappa shape index (κ1) is 27.3. The topological polar surface area (TPSA) is 107 Å². The summed E-state index contributed by atoms with van der Waals surface area (Å²) < 4.78 is 44.4. The molecule has 10 heteroatoms. The molecule has 0 aromatic heterocycles. The summed E-state index contributed by atoms with van der Waals surface area (Å²) in [4.78, 5) is 12.9. The Labute approximate surface area is 217 Å². The van der Waals surface area contributed by atoms with Gasteiger partial charge in [0.1, 0.15) is 18.9 Å². The van der Waals surface area contributed by atoms with E-state index in [1.807, 2.05) is 6.92 Å². The van der Waals surface area contributed by atoms with Crippen molar-refractivity contribution in [1.82, 2.24) is 5.43 Å². The molecule has 0 saturated carbocycles.